The highest BCUT2D eigenvalue weighted by molar-refractivity contribution is 7.07. The van der Waals surface area contributed by atoms with Crippen molar-refractivity contribution in [2.75, 3.05) is 6.61 Å². The summed E-state index contributed by atoms with van der Waals surface area (Å²) in [6, 6.07) is 5.79. The van der Waals surface area contributed by atoms with E-state index >= 15 is 0 Å². The minimum atomic E-state index is -0.525. The van der Waals surface area contributed by atoms with Crippen molar-refractivity contribution in [3.05, 3.63) is 45.5 Å². The molecule has 23 heavy (non-hydrogen) atoms. The number of esters is 1. The van der Waals surface area contributed by atoms with Gasteiger partial charge in [-0.2, -0.15) is 0 Å². The van der Waals surface area contributed by atoms with E-state index in [9.17, 15) is 9.59 Å². The molecule has 1 aliphatic carbocycles. The van der Waals surface area contributed by atoms with E-state index in [0.717, 1.165) is 30.8 Å². The summed E-state index contributed by atoms with van der Waals surface area (Å²) in [5, 5.41) is 3.87. The fourth-order valence-corrected chi connectivity index (χ4v) is 3.43. The van der Waals surface area contributed by atoms with Gasteiger partial charge in [-0.3, -0.25) is 4.79 Å². The molecule has 3 rings (SSSR count). The first kappa shape index (κ1) is 15.8. The van der Waals surface area contributed by atoms with Crippen LogP contribution in [-0.2, 0) is 24.0 Å². The zero-order valence-corrected chi connectivity index (χ0v) is 13.8. The van der Waals surface area contributed by atoms with E-state index in [-0.39, 0.29) is 12.4 Å². The average molecular weight is 330 g/mol. The summed E-state index contributed by atoms with van der Waals surface area (Å²) in [7, 11) is 0. The number of hydrogen-bond acceptors (Lipinski definition) is 6. The zero-order chi connectivity index (χ0) is 16.2. The first-order valence-corrected chi connectivity index (χ1v) is 8.59. The number of benzene rings is 1. The maximum absolute atomic E-state index is 12.3. The summed E-state index contributed by atoms with van der Waals surface area (Å²) in [4.78, 5) is 24.6. The van der Waals surface area contributed by atoms with Crippen LogP contribution in [0.5, 0.6) is 0 Å². The van der Waals surface area contributed by atoms with Crippen molar-refractivity contribution >= 4 is 23.3 Å². The topological polar surface area (TPSA) is 69.2 Å². The molecule has 2 aromatic rings. The third kappa shape index (κ3) is 3.47. The summed E-state index contributed by atoms with van der Waals surface area (Å²) < 4.78 is 8.88. The Balaban J connectivity index is 1.64. The number of carbonyl (C=O) groups excluding carboxylic acids is 2. The van der Waals surface area contributed by atoms with Crippen molar-refractivity contribution in [1.82, 2.24) is 9.59 Å². The van der Waals surface area contributed by atoms with Crippen LogP contribution >= 0.6 is 11.5 Å². The van der Waals surface area contributed by atoms with E-state index in [1.54, 1.807) is 0 Å². The van der Waals surface area contributed by atoms with Gasteiger partial charge in [0.25, 0.3) is 0 Å². The number of nitrogens with zero attached hydrogens (tertiary/aromatic N) is 2. The van der Waals surface area contributed by atoms with Crippen molar-refractivity contribution in [2.45, 2.75) is 39.0 Å². The molecule has 1 aromatic carbocycles. The summed E-state index contributed by atoms with van der Waals surface area (Å²) in [6.45, 7) is 1.64. The summed E-state index contributed by atoms with van der Waals surface area (Å²) in [5.74, 6) is -0.703. The molecule has 0 fully saturated rings. The van der Waals surface area contributed by atoms with Crippen LogP contribution in [0.2, 0.25) is 0 Å². The Hall–Kier alpha value is -2.08. The minimum absolute atomic E-state index is 0.178. The number of fused-ring (bicyclic) bond motifs is 1. The second-order valence-electron chi connectivity index (χ2n) is 5.59. The summed E-state index contributed by atoms with van der Waals surface area (Å²) in [6.07, 6.45) is 5.08. The van der Waals surface area contributed by atoms with Gasteiger partial charge >= 0.3 is 5.97 Å². The third-order valence-electron chi connectivity index (χ3n) is 4.08. The molecule has 1 aromatic heterocycles. The molecule has 0 saturated heterocycles. The molecule has 0 aliphatic heterocycles. The number of aromatic nitrogens is 2. The molecule has 0 bridgehead atoms. The average Bonchev–Trinajstić information content (AvgIpc) is 3.07. The molecule has 0 atom stereocenters. The van der Waals surface area contributed by atoms with Crippen LogP contribution in [0.4, 0.5) is 0 Å². The second-order valence-corrected chi connectivity index (χ2v) is 6.35. The lowest BCUT2D eigenvalue weighted by atomic mass is 9.90. The number of ketones is 1. The number of hydrogen-bond donors (Lipinski definition) is 0. The normalized spacial score (nSPS) is 13.4. The molecular weight excluding hydrogens is 312 g/mol. The van der Waals surface area contributed by atoms with Crippen LogP contribution in [0.15, 0.2) is 18.2 Å². The van der Waals surface area contributed by atoms with Crippen molar-refractivity contribution < 1.29 is 14.3 Å². The molecule has 1 aliphatic rings. The van der Waals surface area contributed by atoms with E-state index in [0.29, 0.717) is 22.6 Å². The summed E-state index contributed by atoms with van der Waals surface area (Å²) in [5.41, 5.74) is 3.79. The summed E-state index contributed by atoms with van der Waals surface area (Å²) >= 11 is 1.00. The lowest BCUT2D eigenvalue weighted by Crippen LogP contribution is -2.15. The van der Waals surface area contributed by atoms with Crippen LogP contribution in [0.25, 0.3) is 0 Å². The molecule has 1 heterocycles. The number of carbonyl (C=O) groups is 2. The van der Waals surface area contributed by atoms with E-state index < -0.39 is 5.97 Å². The van der Waals surface area contributed by atoms with Crippen molar-refractivity contribution in [3.63, 3.8) is 0 Å². The molecule has 120 valence electrons. The highest BCUT2D eigenvalue weighted by Crippen LogP contribution is 2.22. The van der Waals surface area contributed by atoms with Crippen molar-refractivity contribution in [3.8, 4) is 0 Å². The van der Waals surface area contributed by atoms with Gasteiger partial charge < -0.3 is 4.74 Å². The molecule has 0 amide bonds. The lowest BCUT2D eigenvalue weighted by Gasteiger charge is -2.16. The van der Waals surface area contributed by atoms with Crippen LogP contribution in [-0.4, -0.2) is 27.9 Å². The highest BCUT2D eigenvalue weighted by Gasteiger charge is 2.19. The van der Waals surface area contributed by atoms with Crippen LogP contribution in [0.3, 0.4) is 0 Å². The predicted octanol–water partition coefficient (Wildman–Crippen LogP) is 3.02. The van der Waals surface area contributed by atoms with Gasteiger partial charge in [0.1, 0.15) is 0 Å². The molecule has 0 spiro atoms. The SMILES string of the molecule is CCc1nnsc1C(=O)OCC(=O)c1ccc2c(c1)CCCC2. The fraction of sp³-hybridized carbons (Fsp3) is 0.412. The minimum Gasteiger partial charge on any atom is -0.453 e. The first-order chi connectivity index (χ1) is 11.2. The third-order valence-corrected chi connectivity index (χ3v) is 4.83. The van der Waals surface area contributed by atoms with Gasteiger partial charge in [0.2, 0.25) is 0 Å². The predicted molar refractivity (Wildman–Crippen MR) is 87.0 cm³/mol. The zero-order valence-electron chi connectivity index (χ0n) is 13.0. The molecule has 0 N–H and O–H groups in total. The van der Waals surface area contributed by atoms with Gasteiger partial charge in [-0.05, 0) is 60.8 Å². The van der Waals surface area contributed by atoms with Gasteiger partial charge in [-0.25, -0.2) is 4.79 Å². The molecule has 6 heteroatoms. The molecule has 0 saturated carbocycles. The lowest BCUT2D eigenvalue weighted by molar-refractivity contribution is 0.0478. The maximum atomic E-state index is 12.3. The Bertz CT molecular complexity index is 739. The largest absolute Gasteiger partial charge is 0.453 e. The Morgan fingerprint density at radius 3 is 2.78 bits per heavy atom. The Morgan fingerprint density at radius 2 is 2.00 bits per heavy atom. The van der Waals surface area contributed by atoms with Gasteiger partial charge in [0.15, 0.2) is 17.3 Å². The number of aryl methyl sites for hydroxylation is 3. The Morgan fingerprint density at radius 1 is 1.22 bits per heavy atom. The van der Waals surface area contributed by atoms with Gasteiger partial charge in [0.05, 0.1) is 5.69 Å². The van der Waals surface area contributed by atoms with Crippen LogP contribution in [0.1, 0.15) is 56.6 Å². The molecule has 0 radical (unpaired) electrons. The molecule has 0 unspecified atom stereocenters. The standard InChI is InChI=1S/C17H18N2O3S/c1-2-14-16(23-19-18-14)17(21)22-10-15(20)13-8-7-11-5-3-4-6-12(11)9-13/h7-9H,2-6,10H2,1H3. The monoisotopic (exact) mass is 330 g/mol. The fourth-order valence-electron chi connectivity index (χ4n) is 2.78. The van der Waals surface area contributed by atoms with Gasteiger partial charge in [0, 0.05) is 5.56 Å². The number of rotatable bonds is 5. The molecule has 5 nitrogen and oxygen atoms in total. The van der Waals surface area contributed by atoms with Gasteiger partial charge in [-0.15, -0.1) is 5.10 Å². The number of ether oxygens (including phenoxy) is 1. The van der Waals surface area contributed by atoms with Gasteiger partial charge in [-0.1, -0.05) is 23.5 Å². The van der Waals surface area contributed by atoms with E-state index in [4.69, 9.17) is 4.74 Å². The number of Topliss-reactive ketones (excluding diaryl/α,β-unsaturated/α-hetero) is 1. The Kier molecular flexibility index (Phi) is 4.81. The van der Waals surface area contributed by atoms with Crippen LogP contribution in [0, 0.1) is 0 Å². The molecular formula is C17H18N2O3S. The maximum Gasteiger partial charge on any atom is 0.352 e. The highest BCUT2D eigenvalue weighted by atomic mass is 32.1. The van der Waals surface area contributed by atoms with E-state index in [2.05, 4.69) is 9.59 Å². The van der Waals surface area contributed by atoms with E-state index in [1.807, 2.05) is 25.1 Å². The first-order valence-electron chi connectivity index (χ1n) is 7.82. The second kappa shape index (κ2) is 7.00. The Labute approximate surface area is 138 Å². The quantitative estimate of drug-likeness (QED) is 0.622. The van der Waals surface area contributed by atoms with Crippen molar-refractivity contribution in [2.24, 2.45) is 0 Å². The van der Waals surface area contributed by atoms with Crippen molar-refractivity contribution in [1.29, 1.82) is 0 Å². The smallest absolute Gasteiger partial charge is 0.352 e. The van der Waals surface area contributed by atoms with E-state index in [1.165, 1.54) is 17.5 Å². The van der Waals surface area contributed by atoms with Crippen LogP contribution < -0.4 is 0 Å².